The van der Waals surface area contributed by atoms with Gasteiger partial charge in [0.25, 0.3) is 0 Å². The first-order valence-corrected chi connectivity index (χ1v) is 8.86. The fourth-order valence-corrected chi connectivity index (χ4v) is 3.32. The zero-order valence-corrected chi connectivity index (χ0v) is 16.3. The number of methoxy groups -OCH3 is 1. The molecule has 0 unspecified atom stereocenters. The summed E-state index contributed by atoms with van der Waals surface area (Å²) in [5.41, 5.74) is 0.320. The molecule has 140 valence electrons. The van der Waals surface area contributed by atoms with Crippen LogP contribution in [0.4, 0.5) is 9.18 Å². The zero-order valence-electron chi connectivity index (χ0n) is 14.1. The number of halogens is 4. The van der Waals surface area contributed by atoms with Crippen LogP contribution in [-0.2, 0) is 4.74 Å². The molecule has 2 amide bonds. The lowest BCUT2D eigenvalue weighted by Crippen LogP contribution is -2.53. The zero-order chi connectivity index (χ0) is 18.8. The Morgan fingerprint density at radius 3 is 2.44 bits per heavy atom. The maximum atomic E-state index is 14.0. The molecule has 3 atom stereocenters. The molecule has 1 aromatic rings. The molecule has 1 fully saturated rings. The molecule has 1 heterocycles. The van der Waals surface area contributed by atoms with Crippen LogP contribution in [0.1, 0.15) is 25.5 Å². The van der Waals surface area contributed by atoms with Crippen molar-refractivity contribution < 1.29 is 18.7 Å². The van der Waals surface area contributed by atoms with Gasteiger partial charge in [-0.25, -0.2) is 9.18 Å². The van der Waals surface area contributed by atoms with Gasteiger partial charge in [-0.2, -0.15) is 0 Å². The number of urea groups is 1. The molecule has 1 saturated heterocycles. The third-order valence-corrected chi connectivity index (χ3v) is 4.47. The smallest absolute Gasteiger partial charge is 0.318 e. The number of alkyl halides is 3. The van der Waals surface area contributed by atoms with Crippen LogP contribution in [0.5, 0.6) is 5.75 Å². The predicted octanol–water partition coefficient (Wildman–Crippen LogP) is 4.06. The minimum Gasteiger partial charge on any atom is -0.494 e. The summed E-state index contributed by atoms with van der Waals surface area (Å²) in [5.74, 6) is -0.545. The molecular weight excluding hydrogens is 394 g/mol. The van der Waals surface area contributed by atoms with Gasteiger partial charge in [0.15, 0.2) is 11.6 Å². The Labute approximate surface area is 161 Å². The Bertz CT molecular complexity index is 617. The molecule has 0 aromatic heterocycles. The second-order valence-electron chi connectivity index (χ2n) is 5.98. The average Bonchev–Trinajstić information content (AvgIpc) is 2.50. The van der Waals surface area contributed by atoms with Crippen LogP contribution < -0.4 is 10.1 Å². The van der Waals surface area contributed by atoms with Crippen LogP contribution in [0.2, 0.25) is 0 Å². The van der Waals surface area contributed by atoms with Crippen LogP contribution in [0, 0.1) is 5.82 Å². The molecule has 9 heteroatoms. The van der Waals surface area contributed by atoms with Gasteiger partial charge in [0, 0.05) is 13.1 Å². The average molecular weight is 414 g/mol. The van der Waals surface area contributed by atoms with Crippen molar-refractivity contribution in [2.75, 3.05) is 20.2 Å². The molecule has 0 saturated carbocycles. The summed E-state index contributed by atoms with van der Waals surface area (Å²) in [6, 6.07) is 2.70. The molecule has 0 bridgehead atoms. The highest BCUT2D eigenvalue weighted by atomic mass is 35.6. The normalized spacial score (nSPS) is 22.4. The number of carbonyl (C=O) groups is 1. The Kier molecular flexibility index (Phi) is 6.65. The summed E-state index contributed by atoms with van der Waals surface area (Å²) in [6.07, 6.45) is -0.196. The van der Waals surface area contributed by atoms with E-state index in [1.807, 2.05) is 13.8 Å². The standard InChI is InChI=1S/C16H20Cl3FN2O3/c1-9-7-22(8-10(2)25-9)15(23)21-14(16(17,18)19)11-4-5-13(24-3)12(20)6-11/h4-6,9-10,14H,7-8H2,1-3H3,(H,21,23)/t9-,10+,14-/m1/s1. The van der Waals surface area contributed by atoms with Gasteiger partial charge in [-0.3, -0.25) is 0 Å². The highest BCUT2D eigenvalue weighted by Crippen LogP contribution is 2.40. The molecule has 0 radical (unpaired) electrons. The molecule has 1 aliphatic heterocycles. The third kappa shape index (κ3) is 5.26. The highest BCUT2D eigenvalue weighted by molar-refractivity contribution is 6.68. The Hall–Kier alpha value is -0.950. The number of benzene rings is 1. The van der Waals surface area contributed by atoms with Crippen molar-refractivity contribution in [1.29, 1.82) is 0 Å². The highest BCUT2D eigenvalue weighted by Gasteiger charge is 2.37. The van der Waals surface area contributed by atoms with Crippen molar-refractivity contribution in [1.82, 2.24) is 10.2 Å². The minimum atomic E-state index is -1.86. The fourth-order valence-electron chi connectivity index (χ4n) is 2.77. The number of ether oxygens (including phenoxy) is 2. The van der Waals surface area contributed by atoms with Crippen LogP contribution >= 0.6 is 34.8 Å². The van der Waals surface area contributed by atoms with Crippen molar-refractivity contribution >= 4 is 40.8 Å². The number of rotatable bonds is 3. The van der Waals surface area contributed by atoms with Gasteiger partial charge in [0.2, 0.25) is 3.79 Å². The van der Waals surface area contributed by atoms with E-state index in [0.717, 1.165) is 0 Å². The van der Waals surface area contributed by atoms with E-state index < -0.39 is 21.7 Å². The summed E-state index contributed by atoms with van der Waals surface area (Å²) in [7, 11) is 1.35. The topological polar surface area (TPSA) is 50.8 Å². The predicted molar refractivity (Wildman–Crippen MR) is 96.1 cm³/mol. The van der Waals surface area contributed by atoms with Crippen molar-refractivity contribution in [3.05, 3.63) is 29.6 Å². The Morgan fingerprint density at radius 1 is 1.36 bits per heavy atom. The quantitative estimate of drug-likeness (QED) is 0.760. The number of amides is 2. The summed E-state index contributed by atoms with van der Waals surface area (Å²) in [6.45, 7) is 4.59. The van der Waals surface area contributed by atoms with E-state index >= 15 is 0 Å². The van der Waals surface area contributed by atoms with Crippen molar-refractivity contribution in [2.45, 2.75) is 35.9 Å². The summed E-state index contributed by atoms with van der Waals surface area (Å²) in [4.78, 5) is 14.2. The maximum absolute atomic E-state index is 14.0. The number of hydrogen-bond acceptors (Lipinski definition) is 3. The fraction of sp³-hybridized carbons (Fsp3) is 0.562. The van der Waals surface area contributed by atoms with Gasteiger partial charge >= 0.3 is 6.03 Å². The lowest BCUT2D eigenvalue weighted by molar-refractivity contribution is -0.0547. The van der Waals surface area contributed by atoms with Crippen molar-refractivity contribution in [3.63, 3.8) is 0 Å². The van der Waals surface area contributed by atoms with Gasteiger partial charge in [0.05, 0.1) is 19.3 Å². The molecule has 0 aliphatic carbocycles. The van der Waals surface area contributed by atoms with E-state index in [2.05, 4.69) is 5.32 Å². The lowest BCUT2D eigenvalue weighted by Gasteiger charge is -2.37. The molecule has 25 heavy (non-hydrogen) atoms. The van der Waals surface area contributed by atoms with Crippen molar-refractivity contribution in [2.24, 2.45) is 0 Å². The molecule has 1 aliphatic rings. The van der Waals surface area contributed by atoms with Crippen LogP contribution in [0.15, 0.2) is 18.2 Å². The van der Waals surface area contributed by atoms with Gasteiger partial charge < -0.3 is 19.7 Å². The molecule has 1 N–H and O–H groups in total. The van der Waals surface area contributed by atoms with Crippen LogP contribution in [0.25, 0.3) is 0 Å². The molecule has 0 spiro atoms. The third-order valence-electron chi connectivity index (χ3n) is 3.81. The van der Waals surface area contributed by atoms with E-state index in [1.54, 1.807) is 11.0 Å². The minimum absolute atomic E-state index is 0.0639. The van der Waals surface area contributed by atoms with Crippen LogP contribution in [0.3, 0.4) is 0 Å². The SMILES string of the molecule is COc1ccc([C@@H](NC(=O)N2C[C@@H](C)O[C@@H](C)C2)C(Cl)(Cl)Cl)cc1F. The largest absolute Gasteiger partial charge is 0.494 e. The van der Waals surface area contributed by atoms with Crippen LogP contribution in [-0.4, -0.2) is 47.1 Å². The Balaban J connectivity index is 2.21. The summed E-state index contributed by atoms with van der Waals surface area (Å²) in [5, 5.41) is 2.68. The maximum Gasteiger partial charge on any atom is 0.318 e. The van der Waals surface area contributed by atoms with E-state index in [9.17, 15) is 9.18 Å². The first kappa shape index (κ1) is 20.4. The lowest BCUT2D eigenvalue weighted by atomic mass is 10.1. The second-order valence-corrected chi connectivity index (χ2v) is 8.35. The van der Waals surface area contributed by atoms with Gasteiger partial charge in [-0.05, 0) is 31.5 Å². The molecule has 2 rings (SSSR count). The molecule has 5 nitrogen and oxygen atoms in total. The van der Waals surface area contributed by atoms with Crippen molar-refractivity contribution in [3.8, 4) is 5.75 Å². The van der Waals surface area contributed by atoms with Gasteiger partial charge in [-0.1, -0.05) is 40.9 Å². The second kappa shape index (κ2) is 8.16. The Morgan fingerprint density at radius 2 is 1.96 bits per heavy atom. The molecule has 1 aromatic carbocycles. The number of nitrogens with one attached hydrogen (secondary N) is 1. The van der Waals surface area contributed by atoms with E-state index in [1.165, 1.54) is 19.2 Å². The number of morpholine rings is 1. The summed E-state index contributed by atoms with van der Waals surface area (Å²) >= 11 is 18.1. The first-order valence-electron chi connectivity index (χ1n) is 7.73. The van der Waals surface area contributed by atoms with Gasteiger partial charge in [0.1, 0.15) is 6.04 Å². The number of nitrogens with zero attached hydrogens (tertiary/aromatic N) is 1. The van der Waals surface area contributed by atoms with E-state index in [4.69, 9.17) is 44.3 Å². The van der Waals surface area contributed by atoms with Gasteiger partial charge in [-0.15, -0.1) is 0 Å². The van der Waals surface area contributed by atoms with E-state index in [0.29, 0.717) is 18.7 Å². The number of carbonyl (C=O) groups excluding carboxylic acids is 1. The monoisotopic (exact) mass is 412 g/mol. The van der Waals surface area contributed by atoms with E-state index in [-0.39, 0.29) is 18.0 Å². The first-order chi connectivity index (χ1) is 11.6. The summed E-state index contributed by atoms with van der Waals surface area (Å²) < 4.78 is 22.6. The number of hydrogen-bond donors (Lipinski definition) is 1. The molecular formula is C16H20Cl3FN2O3.